The molecule has 0 aromatic heterocycles. The Morgan fingerprint density at radius 3 is 2.50 bits per heavy atom. The van der Waals surface area contributed by atoms with Crippen LogP contribution < -0.4 is 10.6 Å². The first-order valence-corrected chi connectivity index (χ1v) is 7.03. The van der Waals surface area contributed by atoms with E-state index in [0.29, 0.717) is 0 Å². The lowest BCUT2D eigenvalue weighted by Crippen LogP contribution is -2.41. The first-order valence-electron chi connectivity index (χ1n) is 7.03. The number of rotatable bonds is 7. The van der Waals surface area contributed by atoms with Crippen LogP contribution in [0.1, 0.15) is 30.6 Å². The first kappa shape index (κ1) is 18.0. The average molecular weight is 314 g/mol. The number of carbonyl (C=O) groups excluding carboxylic acids is 2. The van der Waals surface area contributed by atoms with Gasteiger partial charge in [0, 0.05) is 12.1 Å². The third kappa shape index (κ3) is 5.40. The molecule has 0 aliphatic rings. The highest BCUT2D eigenvalue weighted by Crippen LogP contribution is 2.08. The maximum Gasteiger partial charge on any atom is 0.251 e. The average Bonchev–Trinajstić information content (AvgIpc) is 2.51. The van der Waals surface area contributed by atoms with E-state index in [0.717, 1.165) is 24.6 Å². The molecule has 1 aromatic rings. The van der Waals surface area contributed by atoms with Crippen molar-refractivity contribution in [3.63, 3.8) is 0 Å². The Kier molecular flexibility index (Phi) is 6.91. The molecular formula is C15H20F2N2O3. The summed E-state index contributed by atoms with van der Waals surface area (Å²) in [6.07, 6.45) is 0.125. The first-order chi connectivity index (χ1) is 10.3. The van der Waals surface area contributed by atoms with Crippen LogP contribution in [0.4, 0.5) is 8.78 Å². The molecule has 3 N–H and O–H groups in total. The van der Waals surface area contributed by atoms with E-state index in [2.05, 4.69) is 10.6 Å². The third-order valence-electron chi connectivity index (χ3n) is 3.40. The summed E-state index contributed by atoms with van der Waals surface area (Å²) in [5.74, 6) is -3.28. The summed E-state index contributed by atoms with van der Waals surface area (Å²) >= 11 is 0. The lowest BCUT2D eigenvalue weighted by molar-refractivity contribution is -0.120. The maximum atomic E-state index is 13.0. The summed E-state index contributed by atoms with van der Waals surface area (Å²) in [6.45, 7) is 3.57. The number of halogens is 2. The molecule has 0 heterocycles. The van der Waals surface area contributed by atoms with Gasteiger partial charge in [-0.15, -0.1) is 0 Å². The highest BCUT2D eigenvalue weighted by Gasteiger charge is 2.14. The molecular weight excluding hydrogens is 294 g/mol. The van der Waals surface area contributed by atoms with Gasteiger partial charge in [-0.1, -0.05) is 20.3 Å². The zero-order chi connectivity index (χ0) is 16.7. The van der Waals surface area contributed by atoms with E-state index < -0.39 is 29.6 Å². The van der Waals surface area contributed by atoms with E-state index in [9.17, 15) is 23.5 Å². The molecule has 1 rings (SSSR count). The second kappa shape index (κ2) is 8.43. The molecule has 0 spiro atoms. The van der Waals surface area contributed by atoms with Crippen LogP contribution in [0, 0.1) is 17.6 Å². The molecule has 2 amide bonds. The Morgan fingerprint density at radius 2 is 1.91 bits per heavy atom. The highest BCUT2D eigenvalue weighted by molar-refractivity contribution is 5.96. The van der Waals surface area contributed by atoms with Gasteiger partial charge in [-0.3, -0.25) is 9.59 Å². The number of hydrogen-bond donors (Lipinski definition) is 3. The molecule has 0 saturated carbocycles. The Labute approximate surface area is 127 Å². The molecule has 0 bridgehead atoms. The van der Waals surface area contributed by atoms with Gasteiger partial charge in [0.15, 0.2) is 11.6 Å². The van der Waals surface area contributed by atoms with Crippen molar-refractivity contribution in [3.05, 3.63) is 35.4 Å². The van der Waals surface area contributed by atoms with E-state index in [1.54, 1.807) is 0 Å². The van der Waals surface area contributed by atoms with Crippen molar-refractivity contribution in [2.24, 2.45) is 5.92 Å². The van der Waals surface area contributed by atoms with Crippen molar-refractivity contribution in [2.45, 2.75) is 26.4 Å². The molecule has 0 saturated heterocycles. The monoisotopic (exact) mass is 314 g/mol. The number of aliphatic hydroxyl groups is 1. The van der Waals surface area contributed by atoms with Crippen molar-refractivity contribution in [2.75, 3.05) is 13.1 Å². The molecule has 0 aliphatic carbocycles. The van der Waals surface area contributed by atoms with E-state index in [1.165, 1.54) is 0 Å². The summed E-state index contributed by atoms with van der Waals surface area (Å²) in [5.41, 5.74) is -0.0775. The molecule has 5 nitrogen and oxygen atoms in total. The van der Waals surface area contributed by atoms with Crippen LogP contribution in [0.25, 0.3) is 0 Å². The number of carbonyl (C=O) groups is 2. The van der Waals surface area contributed by atoms with E-state index in [-0.39, 0.29) is 24.6 Å². The molecule has 7 heteroatoms. The van der Waals surface area contributed by atoms with Gasteiger partial charge in [-0.2, -0.15) is 0 Å². The van der Waals surface area contributed by atoms with Crippen LogP contribution in [0.2, 0.25) is 0 Å². The quantitative estimate of drug-likeness (QED) is 0.708. The van der Waals surface area contributed by atoms with Gasteiger partial charge in [-0.05, 0) is 24.1 Å². The van der Waals surface area contributed by atoms with E-state index in [4.69, 9.17) is 0 Å². The largest absolute Gasteiger partial charge is 0.391 e. The van der Waals surface area contributed by atoms with Gasteiger partial charge < -0.3 is 15.7 Å². The summed E-state index contributed by atoms with van der Waals surface area (Å²) in [4.78, 5) is 23.2. The Morgan fingerprint density at radius 1 is 1.23 bits per heavy atom. The minimum atomic E-state index is -1.13. The van der Waals surface area contributed by atoms with E-state index in [1.807, 2.05) is 13.8 Å². The number of amides is 2. The van der Waals surface area contributed by atoms with E-state index >= 15 is 0 Å². The van der Waals surface area contributed by atoms with Crippen molar-refractivity contribution >= 4 is 11.8 Å². The maximum absolute atomic E-state index is 13.0. The Balaban J connectivity index is 2.40. The van der Waals surface area contributed by atoms with Gasteiger partial charge in [0.2, 0.25) is 5.91 Å². The molecule has 1 aromatic carbocycles. The fourth-order valence-electron chi connectivity index (χ4n) is 1.65. The molecule has 2 atom stereocenters. The predicted molar refractivity (Wildman–Crippen MR) is 77.2 cm³/mol. The van der Waals surface area contributed by atoms with Gasteiger partial charge in [0.1, 0.15) is 0 Å². The molecule has 22 heavy (non-hydrogen) atoms. The van der Waals surface area contributed by atoms with Crippen molar-refractivity contribution in [1.29, 1.82) is 0 Å². The highest BCUT2D eigenvalue weighted by atomic mass is 19.2. The smallest absolute Gasteiger partial charge is 0.251 e. The molecule has 0 radical (unpaired) electrons. The number of aliphatic hydroxyl groups excluding tert-OH is 1. The van der Waals surface area contributed by atoms with Crippen LogP contribution in [-0.2, 0) is 4.79 Å². The molecule has 122 valence electrons. The summed E-state index contributed by atoms with van der Waals surface area (Å²) in [5, 5.41) is 14.5. The van der Waals surface area contributed by atoms with Gasteiger partial charge in [0.05, 0.1) is 12.6 Å². The Hall–Kier alpha value is -2.02. The molecule has 0 aliphatic heterocycles. The van der Waals surface area contributed by atoms with Crippen molar-refractivity contribution in [3.8, 4) is 0 Å². The third-order valence-corrected chi connectivity index (χ3v) is 3.40. The van der Waals surface area contributed by atoms with Gasteiger partial charge in [0.25, 0.3) is 5.91 Å². The zero-order valence-electron chi connectivity index (χ0n) is 12.5. The second-order valence-electron chi connectivity index (χ2n) is 5.07. The number of nitrogens with one attached hydrogen (secondary N) is 2. The lowest BCUT2D eigenvalue weighted by atomic mass is 10.0. The fourth-order valence-corrected chi connectivity index (χ4v) is 1.65. The SMILES string of the molecule is CCC(C)C(O)CNC(=O)CNC(=O)c1ccc(F)c(F)c1. The Bertz CT molecular complexity index is 538. The summed E-state index contributed by atoms with van der Waals surface area (Å²) < 4.78 is 25.7. The number of benzene rings is 1. The van der Waals surface area contributed by atoms with Crippen LogP contribution in [0.5, 0.6) is 0 Å². The number of hydrogen-bond acceptors (Lipinski definition) is 3. The summed E-state index contributed by atoms with van der Waals surface area (Å²) in [7, 11) is 0. The van der Waals surface area contributed by atoms with Crippen molar-refractivity contribution < 1.29 is 23.5 Å². The van der Waals surface area contributed by atoms with Gasteiger partial charge >= 0.3 is 0 Å². The fraction of sp³-hybridized carbons (Fsp3) is 0.467. The normalized spacial score (nSPS) is 13.3. The topological polar surface area (TPSA) is 78.4 Å². The standard InChI is InChI=1S/C15H20F2N2O3/c1-3-9(2)13(20)7-18-14(21)8-19-15(22)10-4-5-11(16)12(17)6-10/h4-6,9,13,20H,3,7-8H2,1-2H3,(H,18,21)(H,19,22). The minimum absolute atomic E-state index is 0.0529. The molecule has 2 unspecified atom stereocenters. The van der Waals surface area contributed by atoms with Crippen molar-refractivity contribution in [1.82, 2.24) is 10.6 Å². The predicted octanol–water partition coefficient (Wildman–Crippen LogP) is 1.22. The van der Waals surface area contributed by atoms with Crippen LogP contribution >= 0.6 is 0 Å². The molecule has 0 fully saturated rings. The van der Waals surface area contributed by atoms with Crippen LogP contribution in [0.15, 0.2) is 18.2 Å². The summed E-state index contributed by atoms with van der Waals surface area (Å²) in [6, 6.07) is 2.72. The van der Waals surface area contributed by atoms with Crippen LogP contribution in [0.3, 0.4) is 0 Å². The minimum Gasteiger partial charge on any atom is -0.391 e. The second-order valence-corrected chi connectivity index (χ2v) is 5.07. The van der Waals surface area contributed by atoms with Gasteiger partial charge in [-0.25, -0.2) is 8.78 Å². The van der Waals surface area contributed by atoms with Crippen LogP contribution in [-0.4, -0.2) is 36.1 Å². The lowest BCUT2D eigenvalue weighted by Gasteiger charge is -2.17. The zero-order valence-corrected chi connectivity index (χ0v) is 12.5.